The summed E-state index contributed by atoms with van der Waals surface area (Å²) in [6, 6.07) is 19.4. The van der Waals surface area contributed by atoms with E-state index < -0.39 is 34.1 Å². The highest BCUT2D eigenvalue weighted by atomic mass is 32.2. The van der Waals surface area contributed by atoms with Gasteiger partial charge in [-0.15, -0.1) is 0 Å². The molecule has 9 nitrogen and oxygen atoms in total. The van der Waals surface area contributed by atoms with E-state index in [9.17, 15) is 18.0 Å². The molecule has 0 bridgehead atoms. The molecule has 3 aromatic carbocycles. The third-order valence-corrected chi connectivity index (χ3v) is 8.51. The number of carbonyl (C=O) groups is 2. The largest absolute Gasteiger partial charge is 0.497 e. The molecule has 3 aromatic rings. The van der Waals surface area contributed by atoms with Crippen LogP contribution in [0.25, 0.3) is 0 Å². The smallest absolute Gasteiger partial charge is 0.264 e. The second-order valence-electron chi connectivity index (χ2n) is 11.3. The van der Waals surface area contributed by atoms with Crippen LogP contribution in [-0.4, -0.2) is 57.0 Å². The number of rotatable bonds is 13. The number of nitrogens with one attached hydrogen (secondary N) is 1. The number of ether oxygens (including phenoxy) is 2. The van der Waals surface area contributed by atoms with Crippen LogP contribution in [0.5, 0.6) is 11.5 Å². The van der Waals surface area contributed by atoms with Crippen LogP contribution in [0.3, 0.4) is 0 Å². The first kappa shape index (κ1) is 33.5. The summed E-state index contributed by atoms with van der Waals surface area (Å²) >= 11 is 0. The Balaban J connectivity index is 2.05. The summed E-state index contributed by atoms with van der Waals surface area (Å²) in [4.78, 5) is 29.1. The first-order valence-corrected chi connectivity index (χ1v) is 15.8. The molecule has 0 aliphatic carbocycles. The van der Waals surface area contributed by atoms with Crippen molar-refractivity contribution in [1.82, 2.24) is 10.2 Å². The van der Waals surface area contributed by atoms with Crippen LogP contribution in [0.15, 0.2) is 77.7 Å². The molecule has 0 spiro atoms. The molecule has 0 aliphatic heterocycles. The first-order valence-electron chi connectivity index (χ1n) is 14.4. The molecule has 0 fully saturated rings. The molecule has 1 N–H and O–H groups in total. The Morgan fingerprint density at radius 3 is 1.98 bits per heavy atom. The third-order valence-electron chi connectivity index (χ3n) is 6.72. The molecular formula is C33H43N3O6S. The van der Waals surface area contributed by atoms with Crippen molar-refractivity contribution in [3.63, 3.8) is 0 Å². The van der Waals surface area contributed by atoms with E-state index in [4.69, 9.17) is 9.47 Å². The fourth-order valence-electron chi connectivity index (χ4n) is 4.54. The number of sulfonamides is 1. The van der Waals surface area contributed by atoms with Crippen LogP contribution in [0.1, 0.15) is 52.2 Å². The molecule has 0 unspecified atom stereocenters. The van der Waals surface area contributed by atoms with Crippen molar-refractivity contribution in [3.8, 4) is 11.5 Å². The van der Waals surface area contributed by atoms with Gasteiger partial charge in [0.15, 0.2) is 0 Å². The van der Waals surface area contributed by atoms with Crippen molar-refractivity contribution >= 4 is 27.5 Å². The Bertz CT molecular complexity index is 1470. The molecule has 2 amide bonds. The molecule has 232 valence electrons. The SMILES string of the molecule is CCOc1ccc(S(=O)(=O)N(CC(=O)N(Cc2ccc(OC)cc2)[C@H](CC)C(=O)NC(C)(C)C)c2ccc(C)cc2)cc1. The molecule has 0 aromatic heterocycles. The number of carbonyl (C=O) groups excluding carboxylic acids is 2. The van der Waals surface area contributed by atoms with Crippen molar-refractivity contribution in [2.75, 3.05) is 24.6 Å². The normalized spacial score (nSPS) is 12.3. The molecule has 0 aliphatic rings. The van der Waals surface area contributed by atoms with Crippen LogP contribution in [0.4, 0.5) is 5.69 Å². The van der Waals surface area contributed by atoms with Crippen molar-refractivity contribution in [3.05, 3.63) is 83.9 Å². The zero-order valence-corrected chi connectivity index (χ0v) is 26.9. The molecule has 43 heavy (non-hydrogen) atoms. The van der Waals surface area contributed by atoms with Gasteiger partial charge in [-0.25, -0.2) is 8.42 Å². The van der Waals surface area contributed by atoms with Crippen LogP contribution < -0.4 is 19.1 Å². The van der Waals surface area contributed by atoms with Gasteiger partial charge in [-0.1, -0.05) is 36.8 Å². The number of benzene rings is 3. The van der Waals surface area contributed by atoms with E-state index in [1.54, 1.807) is 55.6 Å². The number of methoxy groups -OCH3 is 1. The number of aryl methyl sites for hydroxylation is 1. The highest BCUT2D eigenvalue weighted by molar-refractivity contribution is 7.92. The van der Waals surface area contributed by atoms with E-state index in [0.29, 0.717) is 30.2 Å². The van der Waals surface area contributed by atoms with Crippen molar-refractivity contribution in [2.45, 2.75) is 71.0 Å². The molecule has 0 saturated carbocycles. The maximum absolute atomic E-state index is 14.2. The van der Waals surface area contributed by atoms with E-state index in [0.717, 1.165) is 15.4 Å². The lowest BCUT2D eigenvalue weighted by atomic mass is 10.1. The van der Waals surface area contributed by atoms with Crippen LogP contribution in [0, 0.1) is 6.92 Å². The quantitative estimate of drug-likeness (QED) is 0.281. The van der Waals surface area contributed by atoms with Gasteiger partial charge in [0.1, 0.15) is 24.1 Å². The Kier molecular flexibility index (Phi) is 11.2. The highest BCUT2D eigenvalue weighted by Crippen LogP contribution is 2.27. The first-order chi connectivity index (χ1) is 20.3. The van der Waals surface area contributed by atoms with Gasteiger partial charge in [0.05, 0.1) is 24.3 Å². The fourth-order valence-corrected chi connectivity index (χ4v) is 5.96. The number of anilines is 1. The maximum atomic E-state index is 14.2. The number of nitrogens with zero attached hydrogens (tertiary/aromatic N) is 2. The maximum Gasteiger partial charge on any atom is 0.264 e. The lowest BCUT2D eigenvalue weighted by Crippen LogP contribution is -2.55. The monoisotopic (exact) mass is 609 g/mol. The predicted octanol–water partition coefficient (Wildman–Crippen LogP) is 5.32. The van der Waals surface area contributed by atoms with Crippen molar-refractivity contribution in [2.24, 2.45) is 0 Å². The lowest BCUT2D eigenvalue weighted by molar-refractivity contribution is -0.141. The highest BCUT2D eigenvalue weighted by Gasteiger charge is 2.34. The Hall–Kier alpha value is -4.05. The van der Waals surface area contributed by atoms with Gasteiger partial charge in [-0.05, 0) is 95.1 Å². The Morgan fingerprint density at radius 1 is 0.884 bits per heavy atom. The zero-order chi connectivity index (χ0) is 31.8. The van der Waals surface area contributed by atoms with Crippen molar-refractivity contribution in [1.29, 1.82) is 0 Å². The number of hydrogen-bond acceptors (Lipinski definition) is 6. The van der Waals surface area contributed by atoms with E-state index >= 15 is 0 Å². The summed E-state index contributed by atoms with van der Waals surface area (Å²) in [5.41, 5.74) is 1.53. The van der Waals surface area contributed by atoms with E-state index in [2.05, 4.69) is 5.32 Å². The van der Waals surface area contributed by atoms with Crippen LogP contribution in [-0.2, 0) is 26.2 Å². The Morgan fingerprint density at radius 2 is 1.47 bits per heavy atom. The summed E-state index contributed by atoms with van der Waals surface area (Å²) in [5.74, 6) is 0.377. The standard InChI is InChI=1S/C33H43N3O6S/c1-8-30(32(38)34-33(4,5)6)35(22-25-12-16-27(41-7)17-13-25)31(37)23-36(26-14-10-24(3)11-15-26)43(39,40)29-20-18-28(19-21-29)42-9-2/h10-21,30H,8-9,22-23H2,1-7H3,(H,34,38)/t30-/m1/s1. The average molecular weight is 610 g/mol. The predicted molar refractivity (Wildman–Crippen MR) is 169 cm³/mol. The van der Waals surface area contributed by atoms with E-state index in [1.165, 1.54) is 17.0 Å². The van der Waals surface area contributed by atoms with Gasteiger partial charge in [0.2, 0.25) is 11.8 Å². The zero-order valence-electron chi connectivity index (χ0n) is 26.1. The minimum Gasteiger partial charge on any atom is -0.497 e. The minimum absolute atomic E-state index is 0.0172. The van der Waals surface area contributed by atoms with Crippen molar-refractivity contribution < 1.29 is 27.5 Å². The molecular weight excluding hydrogens is 566 g/mol. The lowest BCUT2D eigenvalue weighted by Gasteiger charge is -2.34. The van der Waals surface area contributed by atoms with Crippen LogP contribution in [0.2, 0.25) is 0 Å². The van der Waals surface area contributed by atoms with Gasteiger partial charge < -0.3 is 19.7 Å². The van der Waals surface area contributed by atoms with E-state index in [-0.39, 0.29) is 17.3 Å². The summed E-state index contributed by atoms with van der Waals surface area (Å²) < 4.78 is 40.0. The second-order valence-corrected chi connectivity index (χ2v) is 13.1. The van der Waals surface area contributed by atoms with Gasteiger partial charge in [-0.3, -0.25) is 13.9 Å². The fraction of sp³-hybridized carbons (Fsp3) is 0.394. The molecule has 0 heterocycles. The molecule has 0 radical (unpaired) electrons. The Labute approximate surface area is 255 Å². The number of amides is 2. The topological polar surface area (TPSA) is 105 Å². The molecule has 10 heteroatoms. The van der Waals surface area contributed by atoms with Gasteiger partial charge in [-0.2, -0.15) is 0 Å². The summed E-state index contributed by atoms with van der Waals surface area (Å²) in [6.07, 6.45) is 0.333. The van der Waals surface area contributed by atoms with Gasteiger partial charge in [0, 0.05) is 12.1 Å². The van der Waals surface area contributed by atoms with Gasteiger partial charge in [0.25, 0.3) is 10.0 Å². The summed E-state index contributed by atoms with van der Waals surface area (Å²) in [7, 11) is -2.61. The second kappa shape index (κ2) is 14.4. The average Bonchev–Trinajstić information content (AvgIpc) is 2.96. The van der Waals surface area contributed by atoms with Crippen LogP contribution >= 0.6 is 0 Å². The third kappa shape index (κ3) is 8.97. The molecule has 3 rings (SSSR count). The number of hydrogen-bond donors (Lipinski definition) is 1. The minimum atomic E-state index is -4.18. The van der Waals surface area contributed by atoms with E-state index in [1.807, 2.05) is 53.7 Å². The summed E-state index contributed by atoms with van der Waals surface area (Å²) in [5, 5.41) is 2.98. The molecule has 1 atom stereocenters. The van der Waals surface area contributed by atoms with Gasteiger partial charge >= 0.3 is 0 Å². The summed E-state index contributed by atoms with van der Waals surface area (Å²) in [6.45, 7) is 11.2. The molecule has 0 saturated heterocycles.